The van der Waals surface area contributed by atoms with Gasteiger partial charge in [-0.25, -0.2) is 13.6 Å². The van der Waals surface area contributed by atoms with Crippen LogP contribution in [0.5, 0.6) is 5.75 Å². The maximum absolute atomic E-state index is 12.6. The van der Waals surface area contributed by atoms with E-state index in [1.165, 1.54) is 17.8 Å². The van der Waals surface area contributed by atoms with Crippen LogP contribution >= 0.6 is 11.8 Å². The van der Waals surface area contributed by atoms with E-state index in [-0.39, 0.29) is 24.5 Å². The number of rotatable bonds is 16. The second-order valence-electron chi connectivity index (χ2n) is 9.81. The Bertz CT molecular complexity index is 1360. The summed E-state index contributed by atoms with van der Waals surface area (Å²) < 4.78 is 30.3. The van der Waals surface area contributed by atoms with Crippen molar-refractivity contribution in [3.8, 4) is 16.9 Å². The number of carbonyl (C=O) groups excluding carboxylic acids is 1. The van der Waals surface area contributed by atoms with Gasteiger partial charge in [-0.2, -0.15) is 0 Å². The van der Waals surface area contributed by atoms with Crippen molar-refractivity contribution < 1.29 is 28.2 Å². The highest BCUT2D eigenvalue weighted by Crippen LogP contribution is 2.28. The predicted octanol–water partition coefficient (Wildman–Crippen LogP) is 7.88. The van der Waals surface area contributed by atoms with Gasteiger partial charge in [-0.05, 0) is 79.1 Å². The molecular formula is C34H37F2NO4S. The summed E-state index contributed by atoms with van der Waals surface area (Å²) in [6.45, 7) is 4.22. The zero-order chi connectivity index (χ0) is 30.3. The van der Waals surface area contributed by atoms with Crippen LogP contribution < -0.4 is 10.1 Å². The highest BCUT2D eigenvalue weighted by Gasteiger charge is 2.20. The molecule has 0 bridgehead atoms. The van der Waals surface area contributed by atoms with Crippen LogP contribution in [-0.2, 0) is 16.0 Å². The second kappa shape index (κ2) is 17.1. The number of aryl methyl sites for hydroxylation is 2. The number of hydrogen-bond donors (Lipinski definition) is 2. The van der Waals surface area contributed by atoms with E-state index in [0.29, 0.717) is 25.2 Å². The first-order chi connectivity index (χ1) is 20.2. The maximum Gasteiger partial charge on any atom is 0.326 e. The van der Waals surface area contributed by atoms with Crippen molar-refractivity contribution in [1.82, 2.24) is 5.32 Å². The minimum Gasteiger partial charge on any atom is -0.489 e. The molecule has 0 fully saturated rings. The number of ether oxygens (including phenoxy) is 1. The Morgan fingerprint density at radius 2 is 1.74 bits per heavy atom. The van der Waals surface area contributed by atoms with Crippen molar-refractivity contribution in [2.24, 2.45) is 0 Å². The highest BCUT2D eigenvalue weighted by molar-refractivity contribution is 8.00. The monoisotopic (exact) mass is 593 g/mol. The summed E-state index contributed by atoms with van der Waals surface area (Å²) in [5.74, 6) is -0.621. The number of hydrogen-bond acceptors (Lipinski definition) is 4. The van der Waals surface area contributed by atoms with Crippen molar-refractivity contribution in [1.29, 1.82) is 0 Å². The first kappa shape index (κ1) is 32.6. The average molecular weight is 594 g/mol. The molecule has 3 rings (SSSR count). The highest BCUT2D eigenvalue weighted by atomic mass is 32.2. The number of amides is 1. The van der Waals surface area contributed by atoms with Crippen LogP contribution in [0.4, 0.5) is 8.78 Å². The van der Waals surface area contributed by atoms with Crippen LogP contribution in [0.3, 0.4) is 0 Å². The molecule has 0 aliphatic rings. The van der Waals surface area contributed by atoms with Crippen molar-refractivity contribution in [3.05, 3.63) is 108 Å². The van der Waals surface area contributed by atoms with Crippen molar-refractivity contribution in [2.45, 2.75) is 56.9 Å². The lowest BCUT2D eigenvalue weighted by Gasteiger charge is -2.15. The molecule has 0 aliphatic heterocycles. The molecule has 0 radical (unpaired) electrons. The van der Waals surface area contributed by atoms with Crippen LogP contribution in [0.2, 0.25) is 0 Å². The Hall–Kier alpha value is -3.91. The summed E-state index contributed by atoms with van der Waals surface area (Å²) in [7, 11) is 0. The number of thioether (sulfide) groups is 1. The molecule has 0 aliphatic carbocycles. The maximum atomic E-state index is 12.6. The number of allylic oxidation sites excluding steroid dienone is 3. The van der Waals surface area contributed by atoms with E-state index >= 15 is 0 Å². The second-order valence-corrected chi connectivity index (χ2v) is 10.8. The summed E-state index contributed by atoms with van der Waals surface area (Å²) in [6, 6.07) is 22.5. The smallest absolute Gasteiger partial charge is 0.326 e. The average Bonchev–Trinajstić information content (AvgIpc) is 2.99. The Morgan fingerprint density at radius 3 is 2.38 bits per heavy atom. The first-order valence-electron chi connectivity index (χ1n) is 13.8. The molecule has 42 heavy (non-hydrogen) atoms. The standard InChI is InChI=1S/C34H37F2NO4S/c1-3-25(9-7-8-12-32(35)36)22-41-29-17-13-26(14-18-29)15-19-30(34(39)40)37-33(38)23-42-31-20-16-28(21-24(31)2)27-10-5-4-6-11-27/h3-8,10-11,13-14,16-18,20-21,30,32H,9,12,15,19,22-23H2,1-2H3,(H,37,38)(H,39,40)/b8-7-,25-3+. The van der Waals surface area contributed by atoms with E-state index in [1.54, 1.807) is 6.08 Å². The number of nitrogens with one attached hydrogen (secondary N) is 1. The van der Waals surface area contributed by atoms with Crippen molar-refractivity contribution >= 4 is 23.6 Å². The SMILES string of the molecule is C/C=C(\C/C=C\CC(F)F)COc1ccc(CCC(NC(=O)CSc2ccc(-c3ccccc3)cc2C)C(=O)O)cc1. The molecule has 0 spiro atoms. The van der Waals surface area contributed by atoms with Crippen LogP contribution in [0.1, 0.15) is 37.3 Å². The molecule has 8 heteroatoms. The third-order valence-electron chi connectivity index (χ3n) is 6.61. The largest absolute Gasteiger partial charge is 0.489 e. The molecule has 3 aromatic rings. The lowest BCUT2D eigenvalue weighted by atomic mass is 10.0. The number of benzene rings is 3. The zero-order valence-electron chi connectivity index (χ0n) is 23.9. The summed E-state index contributed by atoms with van der Waals surface area (Å²) in [5, 5.41) is 12.3. The molecule has 0 saturated carbocycles. The summed E-state index contributed by atoms with van der Waals surface area (Å²) >= 11 is 1.39. The van der Waals surface area contributed by atoms with Crippen LogP contribution in [0, 0.1) is 6.92 Å². The van der Waals surface area contributed by atoms with Gasteiger partial charge in [0.25, 0.3) is 0 Å². The number of carbonyl (C=O) groups is 2. The number of carboxylic acid groups (broad SMARTS) is 1. The molecule has 1 atom stereocenters. The summed E-state index contributed by atoms with van der Waals surface area (Å²) in [5.41, 5.74) is 5.18. The minimum atomic E-state index is -2.34. The lowest BCUT2D eigenvalue weighted by Crippen LogP contribution is -2.42. The fourth-order valence-electron chi connectivity index (χ4n) is 4.19. The van der Waals surface area contributed by atoms with Crippen LogP contribution in [0.15, 0.2) is 101 Å². The van der Waals surface area contributed by atoms with E-state index in [9.17, 15) is 23.5 Å². The van der Waals surface area contributed by atoms with E-state index in [2.05, 4.69) is 23.5 Å². The molecule has 2 N–H and O–H groups in total. The van der Waals surface area contributed by atoms with Gasteiger partial charge in [0.05, 0.1) is 5.75 Å². The van der Waals surface area contributed by atoms with E-state index in [4.69, 9.17) is 4.74 Å². The topological polar surface area (TPSA) is 75.6 Å². The van der Waals surface area contributed by atoms with Crippen molar-refractivity contribution in [3.63, 3.8) is 0 Å². The fraction of sp³-hybridized carbons (Fsp3) is 0.294. The van der Waals surface area contributed by atoms with Crippen LogP contribution in [-0.4, -0.2) is 41.8 Å². The van der Waals surface area contributed by atoms with Gasteiger partial charge in [0.2, 0.25) is 12.3 Å². The molecule has 1 unspecified atom stereocenters. The molecule has 1 amide bonds. The Labute approximate surface area is 250 Å². The quantitative estimate of drug-likeness (QED) is 0.131. The third-order valence-corrected chi connectivity index (χ3v) is 7.79. The van der Waals surface area contributed by atoms with Gasteiger partial charge in [-0.15, -0.1) is 11.8 Å². The van der Waals surface area contributed by atoms with Gasteiger partial charge in [0.15, 0.2) is 0 Å². The molecule has 5 nitrogen and oxygen atoms in total. The zero-order valence-corrected chi connectivity index (χ0v) is 24.7. The predicted molar refractivity (Wildman–Crippen MR) is 165 cm³/mol. The molecule has 0 heterocycles. The third kappa shape index (κ3) is 11.2. The number of aliphatic carboxylic acids is 1. The van der Waals surface area contributed by atoms with E-state index < -0.39 is 18.4 Å². The molecule has 0 aromatic heterocycles. The normalized spacial score (nSPS) is 12.5. The number of halogens is 2. The lowest BCUT2D eigenvalue weighted by molar-refractivity contribution is -0.141. The first-order valence-corrected chi connectivity index (χ1v) is 14.8. The van der Waals surface area contributed by atoms with Gasteiger partial charge >= 0.3 is 5.97 Å². The summed E-state index contributed by atoms with van der Waals surface area (Å²) in [6.07, 6.45) is 3.77. The van der Waals surface area contributed by atoms with E-state index in [0.717, 1.165) is 32.7 Å². The minimum absolute atomic E-state index is 0.123. The van der Waals surface area contributed by atoms with Gasteiger partial charge < -0.3 is 15.2 Å². The fourth-order valence-corrected chi connectivity index (χ4v) is 5.01. The van der Waals surface area contributed by atoms with Gasteiger partial charge in [-0.3, -0.25) is 4.79 Å². The van der Waals surface area contributed by atoms with Gasteiger partial charge in [0.1, 0.15) is 18.4 Å². The Morgan fingerprint density at radius 1 is 1.00 bits per heavy atom. The summed E-state index contributed by atoms with van der Waals surface area (Å²) in [4.78, 5) is 25.4. The number of alkyl halides is 2. The Balaban J connectivity index is 1.44. The number of carboxylic acids is 1. The van der Waals surface area contributed by atoms with Crippen molar-refractivity contribution in [2.75, 3.05) is 12.4 Å². The molecule has 0 saturated heterocycles. The Kier molecular flexibility index (Phi) is 13.3. The molecular weight excluding hydrogens is 556 g/mol. The van der Waals surface area contributed by atoms with Gasteiger partial charge in [0, 0.05) is 11.3 Å². The van der Waals surface area contributed by atoms with Gasteiger partial charge in [-0.1, -0.05) is 72.8 Å². The van der Waals surface area contributed by atoms with E-state index in [1.807, 2.05) is 74.5 Å². The van der Waals surface area contributed by atoms with Crippen LogP contribution in [0.25, 0.3) is 11.1 Å². The molecule has 222 valence electrons. The molecule has 3 aromatic carbocycles.